The van der Waals surface area contributed by atoms with E-state index >= 15 is 0 Å². The number of fused-ring (bicyclic) bond motifs is 1. The highest BCUT2D eigenvalue weighted by Crippen LogP contribution is 2.16. The van der Waals surface area contributed by atoms with Crippen molar-refractivity contribution in [3.8, 4) is 0 Å². The fraction of sp³-hybridized carbons (Fsp3) is 0.333. The molecule has 0 saturated carbocycles. The molecule has 0 aromatic heterocycles. The quantitative estimate of drug-likeness (QED) is 0.597. The molecule has 1 aliphatic rings. The summed E-state index contributed by atoms with van der Waals surface area (Å²) in [6.07, 6.45) is 1.19. The van der Waals surface area contributed by atoms with Crippen LogP contribution in [0, 0.1) is 6.92 Å². The van der Waals surface area contributed by atoms with Crippen molar-refractivity contribution in [1.82, 2.24) is 5.32 Å². The second-order valence-electron chi connectivity index (χ2n) is 3.14. The Kier molecular flexibility index (Phi) is 3.71. The first-order chi connectivity index (χ1) is 6.38. The molecule has 0 saturated heterocycles. The van der Waals surface area contributed by atoms with Crippen LogP contribution in [-0.2, 0) is 13.0 Å². The molecule has 1 aliphatic heterocycles. The van der Waals surface area contributed by atoms with E-state index in [0.717, 1.165) is 13.1 Å². The summed E-state index contributed by atoms with van der Waals surface area (Å²) in [5.74, 6) is 0. The van der Waals surface area contributed by atoms with Crippen molar-refractivity contribution in [2.45, 2.75) is 19.9 Å². The van der Waals surface area contributed by atoms with E-state index in [1.54, 1.807) is 0 Å². The standard InChI is InChI=1S/C10H13N.C2H4/c1-8-3-2-4-9-5-6-11-7-10(8)9;1-2/h2-4,11H,5-7H2,1H3;1-2H2. The van der Waals surface area contributed by atoms with E-state index in [4.69, 9.17) is 0 Å². The van der Waals surface area contributed by atoms with Gasteiger partial charge in [-0.3, -0.25) is 0 Å². The van der Waals surface area contributed by atoms with E-state index in [9.17, 15) is 0 Å². The van der Waals surface area contributed by atoms with Crippen LogP contribution in [0.4, 0.5) is 0 Å². The lowest BCUT2D eigenvalue weighted by Gasteiger charge is -2.18. The van der Waals surface area contributed by atoms with Crippen LogP contribution < -0.4 is 5.32 Å². The molecule has 0 unspecified atom stereocenters. The van der Waals surface area contributed by atoms with Gasteiger partial charge in [0, 0.05) is 6.54 Å². The molecule has 1 nitrogen and oxygen atoms in total. The minimum atomic E-state index is 1.06. The Morgan fingerprint density at radius 2 is 2.08 bits per heavy atom. The Bertz CT molecular complexity index is 278. The minimum absolute atomic E-state index is 1.06. The Hall–Kier alpha value is -1.08. The number of hydrogen-bond donors (Lipinski definition) is 1. The molecule has 0 radical (unpaired) electrons. The zero-order chi connectivity index (χ0) is 9.68. The molecule has 70 valence electrons. The van der Waals surface area contributed by atoms with Gasteiger partial charge in [-0.05, 0) is 36.6 Å². The molecule has 2 rings (SSSR count). The fourth-order valence-corrected chi connectivity index (χ4v) is 1.69. The molecule has 1 aromatic carbocycles. The van der Waals surface area contributed by atoms with Gasteiger partial charge in [-0.15, -0.1) is 13.2 Å². The SMILES string of the molecule is C=C.Cc1cccc2c1CNCC2. The van der Waals surface area contributed by atoms with Crippen molar-refractivity contribution in [3.05, 3.63) is 48.0 Å². The zero-order valence-electron chi connectivity index (χ0n) is 8.27. The van der Waals surface area contributed by atoms with Gasteiger partial charge in [0.2, 0.25) is 0 Å². The monoisotopic (exact) mass is 175 g/mol. The maximum absolute atomic E-state index is 3.38. The van der Waals surface area contributed by atoms with Crippen molar-refractivity contribution in [1.29, 1.82) is 0 Å². The van der Waals surface area contributed by atoms with E-state index in [0.29, 0.717) is 0 Å². The average molecular weight is 175 g/mol. The summed E-state index contributed by atoms with van der Waals surface area (Å²) in [6.45, 7) is 10.4. The van der Waals surface area contributed by atoms with Gasteiger partial charge in [0.25, 0.3) is 0 Å². The van der Waals surface area contributed by atoms with Crippen molar-refractivity contribution in [2.24, 2.45) is 0 Å². The van der Waals surface area contributed by atoms with Gasteiger partial charge in [0.05, 0.1) is 0 Å². The Morgan fingerprint density at radius 3 is 2.77 bits per heavy atom. The topological polar surface area (TPSA) is 12.0 Å². The van der Waals surface area contributed by atoms with Crippen LogP contribution in [0.2, 0.25) is 0 Å². The predicted molar refractivity (Wildman–Crippen MR) is 57.8 cm³/mol. The summed E-state index contributed by atoms with van der Waals surface area (Å²) in [7, 11) is 0. The van der Waals surface area contributed by atoms with Gasteiger partial charge in [-0.25, -0.2) is 0 Å². The number of rotatable bonds is 0. The van der Waals surface area contributed by atoms with Gasteiger partial charge >= 0.3 is 0 Å². The molecular weight excluding hydrogens is 158 g/mol. The summed E-state index contributed by atoms with van der Waals surface area (Å²) in [5.41, 5.74) is 4.47. The minimum Gasteiger partial charge on any atom is -0.312 e. The summed E-state index contributed by atoms with van der Waals surface area (Å²) >= 11 is 0. The van der Waals surface area contributed by atoms with Gasteiger partial charge in [-0.2, -0.15) is 0 Å². The van der Waals surface area contributed by atoms with Gasteiger partial charge in [-0.1, -0.05) is 18.2 Å². The van der Waals surface area contributed by atoms with E-state index in [-0.39, 0.29) is 0 Å². The smallest absolute Gasteiger partial charge is 0.0210 e. The summed E-state index contributed by atoms with van der Waals surface area (Å²) in [4.78, 5) is 0. The molecule has 0 fully saturated rings. The van der Waals surface area contributed by atoms with Crippen LogP contribution in [0.3, 0.4) is 0 Å². The molecule has 0 bridgehead atoms. The summed E-state index contributed by atoms with van der Waals surface area (Å²) < 4.78 is 0. The molecule has 1 heterocycles. The van der Waals surface area contributed by atoms with Crippen molar-refractivity contribution in [3.63, 3.8) is 0 Å². The number of aryl methyl sites for hydroxylation is 1. The normalized spacial score (nSPS) is 13.9. The number of nitrogens with one attached hydrogen (secondary N) is 1. The second-order valence-corrected chi connectivity index (χ2v) is 3.14. The van der Waals surface area contributed by atoms with E-state index in [2.05, 4.69) is 43.6 Å². The lowest BCUT2D eigenvalue weighted by molar-refractivity contribution is 0.640. The third kappa shape index (κ3) is 2.19. The molecule has 1 aromatic rings. The largest absolute Gasteiger partial charge is 0.312 e. The van der Waals surface area contributed by atoms with Crippen LogP contribution in [0.1, 0.15) is 16.7 Å². The summed E-state index contributed by atoms with van der Waals surface area (Å²) in [5, 5.41) is 3.38. The van der Waals surface area contributed by atoms with E-state index < -0.39 is 0 Å². The van der Waals surface area contributed by atoms with Crippen LogP contribution in [0.5, 0.6) is 0 Å². The Balaban J connectivity index is 0.000000396. The fourth-order valence-electron chi connectivity index (χ4n) is 1.69. The Morgan fingerprint density at radius 1 is 1.31 bits per heavy atom. The van der Waals surface area contributed by atoms with Crippen LogP contribution >= 0.6 is 0 Å². The molecular formula is C12H17N. The van der Waals surface area contributed by atoms with E-state index in [1.165, 1.54) is 23.1 Å². The van der Waals surface area contributed by atoms with Crippen LogP contribution in [0.15, 0.2) is 31.4 Å². The zero-order valence-corrected chi connectivity index (χ0v) is 8.27. The van der Waals surface area contributed by atoms with Crippen molar-refractivity contribution >= 4 is 0 Å². The number of benzene rings is 1. The molecule has 1 heteroatoms. The van der Waals surface area contributed by atoms with E-state index in [1.807, 2.05) is 0 Å². The van der Waals surface area contributed by atoms with Crippen molar-refractivity contribution < 1.29 is 0 Å². The van der Waals surface area contributed by atoms with Gasteiger partial charge in [0.15, 0.2) is 0 Å². The lowest BCUT2D eigenvalue weighted by Crippen LogP contribution is -2.24. The molecule has 0 atom stereocenters. The average Bonchev–Trinajstić information content (AvgIpc) is 2.22. The highest BCUT2D eigenvalue weighted by molar-refractivity contribution is 5.35. The summed E-state index contributed by atoms with van der Waals surface area (Å²) in [6, 6.07) is 6.58. The third-order valence-electron chi connectivity index (χ3n) is 2.38. The Labute approximate surface area is 80.5 Å². The highest BCUT2D eigenvalue weighted by atomic mass is 14.9. The molecule has 13 heavy (non-hydrogen) atoms. The first kappa shape index (κ1) is 10.0. The van der Waals surface area contributed by atoms with Gasteiger partial charge < -0.3 is 5.32 Å². The number of hydrogen-bond acceptors (Lipinski definition) is 1. The van der Waals surface area contributed by atoms with Gasteiger partial charge in [0.1, 0.15) is 0 Å². The lowest BCUT2D eigenvalue weighted by atomic mass is 9.97. The first-order valence-corrected chi connectivity index (χ1v) is 4.66. The molecule has 0 spiro atoms. The third-order valence-corrected chi connectivity index (χ3v) is 2.38. The highest BCUT2D eigenvalue weighted by Gasteiger charge is 2.08. The van der Waals surface area contributed by atoms with Crippen molar-refractivity contribution in [2.75, 3.05) is 6.54 Å². The maximum atomic E-state index is 3.38. The molecule has 0 aliphatic carbocycles. The van der Waals surface area contributed by atoms with Crippen LogP contribution in [-0.4, -0.2) is 6.54 Å². The van der Waals surface area contributed by atoms with Crippen LogP contribution in [0.25, 0.3) is 0 Å². The first-order valence-electron chi connectivity index (χ1n) is 4.66. The predicted octanol–water partition coefficient (Wildman–Crippen LogP) is 2.44. The molecule has 1 N–H and O–H groups in total. The maximum Gasteiger partial charge on any atom is 0.0210 e. The molecule has 0 amide bonds. The second kappa shape index (κ2) is 4.83.